The third-order valence-electron chi connectivity index (χ3n) is 4.48. The molecule has 2 atom stereocenters. The van der Waals surface area contributed by atoms with E-state index in [4.69, 9.17) is 9.73 Å². The first kappa shape index (κ1) is 17.4. The quantitative estimate of drug-likeness (QED) is 0.578. The molecule has 0 saturated heterocycles. The number of carbonyl (C=O) groups excluding carboxylic acids is 2. The molecule has 4 rings (SSSR count). The maximum absolute atomic E-state index is 12.6. The van der Waals surface area contributed by atoms with Crippen molar-refractivity contribution < 1.29 is 14.3 Å². The van der Waals surface area contributed by atoms with E-state index in [0.29, 0.717) is 5.75 Å². The van der Waals surface area contributed by atoms with Crippen LogP contribution in [0.2, 0.25) is 0 Å². The molecular formula is C20H17NO3S2. The average Bonchev–Trinajstić information content (AvgIpc) is 3.27. The predicted molar refractivity (Wildman–Crippen MR) is 106 cm³/mol. The zero-order valence-corrected chi connectivity index (χ0v) is 15.8. The number of benzene rings is 2. The standard InChI is InChI=1S/C20H17NO3S2/c1-13(22)24-16-9-5-8-15(10-16)17-11-20(17)18(23)26-19(21-20)25-12-14-6-3-2-4-7-14/h2-10,17H,11-12H2,1H3/t17-,20-/m1/s1. The number of aliphatic imine (C=N–C) groups is 1. The Balaban J connectivity index is 1.47. The van der Waals surface area contributed by atoms with Gasteiger partial charge in [-0.15, -0.1) is 0 Å². The first-order valence-corrected chi connectivity index (χ1v) is 10.1. The molecule has 0 unspecified atom stereocenters. The van der Waals surface area contributed by atoms with Crippen molar-refractivity contribution in [2.75, 3.05) is 0 Å². The van der Waals surface area contributed by atoms with Gasteiger partial charge < -0.3 is 4.74 Å². The van der Waals surface area contributed by atoms with E-state index in [1.807, 2.05) is 36.4 Å². The Hall–Kier alpha value is -2.05. The molecule has 2 aromatic carbocycles. The minimum atomic E-state index is -0.626. The minimum absolute atomic E-state index is 0.0628. The number of ether oxygens (including phenoxy) is 1. The van der Waals surface area contributed by atoms with Crippen LogP contribution in [0.5, 0.6) is 5.75 Å². The van der Waals surface area contributed by atoms with Crippen LogP contribution in [0.25, 0.3) is 0 Å². The first-order valence-electron chi connectivity index (χ1n) is 8.34. The molecule has 26 heavy (non-hydrogen) atoms. The molecule has 2 aromatic rings. The summed E-state index contributed by atoms with van der Waals surface area (Å²) in [6, 6.07) is 17.6. The molecule has 2 aliphatic rings. The van der Waals surface area contributed by atoms with Gasteiger partial charge in [-0.25, -0.2) is 0 Å². The van der Waals surface area contributed by atoms with Crippen LogP contribution in [0.4, 0.5) is 0 Å². The fourth-order valence-corrected chi connectivity index (χ4v) is 5.30. The topological polar surface area (TPSA) is 55.7 Å². The smallest absolute Gasteiger partial charge is 0.308 e. The van der Waals surface area contributed by atoms with Gasteiger partial charge in [-0.1, -0.05) is 54.2 Å². The molecular weight excluding hydrogens is 366 g/mol. The SMILES string of the molecule is CC(=O)Oc1cccc([C@H]2C[C@@]23N=C(SCc2ccccc2)SC3=O)c1. The fraction of sp³-hybridized carbons (Fsp3) is 0.250. The van der Waals surface area contributed by atoms with E-state index in [1.165, 1.54) is 24.2 Å². The molecule has 132 valence electrons. The maximum Gasteiger partial charge on any atom is 0.308 e. The lowest BCUT2D eigenvalue weighted by Crippen LogP contribution is -2.14. The summed E-state index contributed by atoms with van der Waals surface area (Å²) in [6.07, 6.45) is 0.720. The van der Waals surface area contributed by atoms with Crippen LogP contribution >= 0.6 is 23.5 Å². The van der Waals surface area contributed by atoms with E-state index < -0.39 is 5.54 Å². The van der Waals surface area contributed by atoms with Crippen LogP contribution in [0.1, 0.15) is 30.4 Å². The number of thioether (sulfide) groups is 2. The molecule has 1 spiro atoms. The van der Waals surface area contributed by atoms with Crippen molar-refractivity contribution >= 4 is 39.0 Å². The molecule has 0 N–H and O–H groups in total. The zero-order valence-electron chi connectivity index (χ0n) is 14.2. The largest absolute Gasteiger partial charge is 0.427 e. The molecule has 1 fully saturated rings. The lowest BCUT2D eigenvalue weighted by molar-refractivity contribution is -0.131. The highest BCUT2D eigenvalue weighted by atomic mass is 32.2. The molecule has 1 heterocycles. The van der Waals surface area contributed by atoms with E-state index in [1.54, 1.807) is 17.8 Å². The summed E-state index contributed by atoms with van der Waals surface area (Å²) in [6.45, 7) is 1.38. The summed E-state index contributed by atoms with van der Waals surface area (Å²) >= 11 is 2.87. The van der Waals surface area contributed by atoms with Gasteiger partial charge in [0.05, 0.1) is 0 Å². The number of nitrogens with zero attached hydrogens (tertiary/aromatic N) is 1. The van der Waals surface area contributed by atoms with Crippen molar-refractivity contribution in [3.63, 3.8) is 0 Å². The number of esters is 1. The molecule has 0 radical (unpaired) electrons. The second-order valence-electron chi connectivity index (χ2n) is 6.39. The monoisotopic (exact) mass is 383 g/mol. The third-order valence-corrected chi connectivity index (χ3v) is 6.71. The molecule has 1 saturated carbocycles. The molecule has 1 aliphatic carbocycles. The highest BCUT2D eigenvalue weighted by molar-refractivity contribution is 8.45. The predicted octanol–water partition coefficient (Wildman–Crippen LogP) is 4.40. The van der Waals surface area contributed by atoms with E-state index in [0.717, 1.165) is 22.1 Å². The van der Waals surface area contributed by atoms with E-state index in [-0.39, 0.29) is 17.0 Å². The number of hydrogen-bond acceptors (Lipinski definition) is 6. The molecule has 6 heteroatoms. The number of rotatable bonds is 4. The van der Waals surface area contributed by atoms with Gasteiger partial charge in [-0.2, -0.15) is 0 Å². The lowest BCUT2D eigenvalue weighted by Gasteiger charge is -2.06. The number of hydrogen-bond donors (Lipinski definition) is 0. The highest BCUT2D eigenvalue weighted by Gasteiger charge is 2.64. The van der Waals surface area contributed by atoms with Crippen molar-refractivity contribution in [3.05, 3.63) is 65.7 Å². The second-order valence-corrected chi connectivity index (χ2v) is 8.57. The van der Waals surface area contributed by atoms with Gasteiger partial charge in [-0.05, 0) is 41.4 Å². The van der Waals surface area contributed by atoms with Crippen LogP contribution in [0.15, 0.2) is 59.6 Å². The summed E-state index contributed by atoms with van der Waals surface area (Å²) in [4.78, 5) is 28.5. The molecule has 4 nitrogen and oxygen atoms in total. The van der Waals surface area contributed by atoms with E-state index in [2.05, 4.69) is 12.1 Å². The van der Waals surface area contributed by atoms with Gasteiger partial charge in [0.25, 0.3) is 0 Å². The second kappa shape index (κ2) is 6.93. The van der Waals surface area contributed by atoms with Gasteiger partial charge in [0, 0.05) is 18.6 Å². The van der Waals surface area contributed by atoms with Crippen LogP contribution in [0, 0.1) is 0 Å². The highest BCUT2D eigenvalue weighted by Crippen LogP contribution is 2.60. The minimum Gasteiger partial charge on any atom is -0.427 e. The summed E-state index contributed by atoms with van der Waals surface area (Å²) in [5, 5.41) is 0.121. The molecule has 0 amide bonds. The molecule has 0 bridgehead atoms. The summed E-state index contributed by atoms with van der Waals surface area (Å²) in [5.41, 5.74) is 1.59. The Morgan fingerprint density at radius 2 is 2.08 bits per heavy atom. The summed E-state index contributed by atoms with van der Waals surface area (Å²) in [7, 11) is 0. The van der Waals surface area contributed by atoms with E-state index in [9.17, 15) is 9.59 Å². The van der Waals surface area contributed by atoms with Gasteiger partial charge in [0.2, 0.25) is 5.12 Å². The van der Waals surface area contributed by atoms with Crippen molar-refractivity contribution in [1.29, 1.82) is 0 Å². The zero-order chi connectivity index (χ0) is 18.1. The van der Waals surface area contributed by atoms with Crippen LogP contribution in [0.3, 0.4) is 0 Å². The summed E-state index contributed by atoms with van der Waals surface area (Å²) in [5.74, 6) is 1.03. The van der Waals surface area contributed by atoms with Gasteiger partial charge in [0.15, 0.2) is 0 Å². The van der Waals surface area contributed by atoms with Gasteiger partial charge in [0.1, 0.15) is 15.7 Å². The normalized spacial score (nSPS) is 23.8. The van der Waals surface area contributed by atoms with Crippen LogP contribution in [-0.4, -0.2) is 21.0 Å². The summed E-state index contributed by atoms with van der Waals surface area (Å²) < 4.78 is 6.00. The van der Waals surface area contributed by atoms with Crippen molar-refractivity contribution in [2.24, 2.45) is 4.99 Å². The molecule has 1 aliphatic heterocycles. The Morgan fingerprint density at radius 3 is 2.85 bits per heavy atom. The van der Waals surface area contributed by atoms with Crippen LogP contribution in [-0.2, 0) is 15.3 Å². The Labute approximate surface area is 160 Å². The van der Waals surface area contributed by atoms with E-state index >= 15 is 0 Å². The lowest BCUT2D eigenvalue weighted by atomic mass is 10.1. The Kier molecular flexibility index (Phi) is 4.63. The van der Waals surface area contributed by atoms with Crippen molar-refractivity contribution in [2.45, 2.75) is 30.6 Å². The van der Waals surface area contributed by atoms with Crippen molar-refractivity contribution in [3.8, 4) is 5.75 Å². The Bertz CT molecular complexity index is 897. The maximum atomic E-state index is 12.6. The first-order chi connectivity index (χ1) is 12.6. The van der Waals surface area contributed by atoms with Gasteiger partial charge in [-0.3, -0.25) is 14.6 Å². The third kappa shape index (κ3) is 3.44. The fourth-order valence-electron chi connectivity index (χ4n) is 3.14. The Morgan fingerprint density at radius 1 is 1.27 bits per heavy atom. The number of carbonyl (C=O) groups is 2. The molecule has 0 aromatic heterocycles. The van der Waals surface area contributed by atoms with Crippen LogP contribution < -0.4 is 4.74 Å². The van der Waals surface area contributed by atoms with Gasteiger partial charge >= 0.3 is 5.97 Å². The average molecular weight is 383 g/mol. The van der Waals surface area contributed by atoms with Crippen molar-refractivity contribution in [1.82, 2.24) is 0 Å².